The van der Waals surface area contributed by atoms with Crippen molar-refractivity contribution in [2.24, 2.45) is 5.92 Å². The highest BCUT2D eigenvalue weighted by Gasteiger charge is 2.12. The Morgan fingerprint density at radius 2 is 1.67 bits per heavy atom. The molecule has 0 aromatic carbocycles. The summed E-state index contributed by atoms with van der Waals surface area (Å²) in [6, 6.07) is 0. The van der Waals surface area contributed by atoms with Crippen molar-refractivity contribution < 1.29 is 4.48 Å². The molecule has 0 aromatic heterocycles. The Hall–Kier alpha value is -0.0400. The van der Waals surface area contributed by atoms with Gasteiger partial charge in [0, 0.05) is 5.92 Å². The SMILES string of the molecule is CCCCCC(C)C[N+](C)(C)C. The third-order valence-electron chi connectivity index (χ3n) is 2.16. The van der Waals surface area contributed by atoms with Crippen LogP contribution in [0.3, 0.4) is 0 Å². The van der Waals surface area contributed by atoms with Crippen molar-refractivity contribution in [3.05, 3.63) is 0 Å². The van der Waals surface area contributed by atoms with Crippen LogP contribution in [0.2, 0.25) is 0 Å². The Bertz CT molecular complexity index is 102. The third kappa shape index (κ3) is 8.06. The highest BCUT2D eigenvalue weighted by Crippen LogP contribution is 2.11. The first kappa shape index (κ1) is 12.0. The predicted octanol–water partition coefficient (Wildman–Crippen LogP) is 2.91. The number of hydrogen-bond donors (Lipinski definition) is 0. The van der Waals surface area contributed by atoms with E-state index in [1.54, 1.807) is 0 Å². The van der Waals surface area contributed by atoms with Crippen LogP contribution in [0.15, 0.2) is 0 Å². The van der Waals surface area contributed by atoms with Crippen LogP contribution in [0.4, 0.5) is 0 Å². The number of hydrogen-bond acceptors (Lipinski definition) is 0. The summed E-state index contributed by atoms with van der Waals surface area (Å²) < 4.78 is 1.10. The molecule has 12 heavy (non-hydrogen) atoms. The van der Waals surface area contributed by atoms with Gasteiger partial charge in [-0.3, -0.25) is 0 Å². The average molecular weight is 172 g/mol. The number of quaternary nitrogens is 1. The van der Waals surface area contributed by atoms with Gasteiger partial charge in [-0.15, -0.1) is 0 Å². The molecule has 0 amide bonds. The van der Waals surface area contributed by atoms with Gasteiger partial charge in [-0.1, -0.05) is 33.1 Å². The molecule has 0 saturated carbocycles. The van der Waals surface area contributed by atoms with Gasteiger partial charge < -0.3 is 4.48 Å². The molecule has 0 bridgehead atoms. The van der Waals surface area contributed by atoms with Gasteiger partial charge in [-0.2, -0.15) is 0 Å². The van der Waals surface area contributed by atoms with Gasteiger partial charge in [0.2, 0.25) is 0 Å². The van der Waals surface area contributed by atoms with E-state index in [2.05, 4.69) is 35.0 Å². The molecule has 0 aliphatic rings. The van der Waals surface area contributed by atoms with Crippen molar-refractivity contribution in [1.82, 2.24) is 0 Å². The molecule has 0 N–H and O–H groups in total. The Labute approximate surface area is 78.4 Å². The highest BCUT2D eigenvalue weighted by atomic mass is 15.3. The Kier molecular flexibility index (Phi) is 5.56. The van der Waals surface area contributed by atoms with Gasteiger partial charge in [-0.05, 0) is 6.42 Å². The lowest BCUT2D eigenvalue weighted by Gasteiger charge is -2.27. The summed E-state index contributed by atoms with van der Waals surface area (Å²) in [7, 11) is 6.82. The minimum Gasteiger partial charge on any atom is -0.331 e. The maximum atomic E-state index is 2.37. The molecular weight excluding hydrogens is 146 g/mol. The van der Waals surface area contributed by atoms with Crippen LogP contribution in [-0.4, -0.2) is 32.2 Å². The summed E-state index contributed by atoms with van der Waals surface area (Å²) in [5.74, 6) is 0.886. The van der Waals surface area contributed by atoms with E-state index in [0.29, 0.717) is 0 Å². The van der Waals surface area contributed by atoms with Gasteiger partial charge in [0.25, 0.3) is 0 Å². The lowest BCUT2D eigenvalue weighted by atomic mass is 10.0. The summed E-state index contributed by atoms with van der Waals surface area (Å²) in [6.45, 7) is 5.95. The molecule has 1 atom stereocenters. The van der Waals surface area contributed by atoms with Crippen LogP contribution in [0.1, 0.15) is 39.5 Å². The minimum absolute atomic E-state index is 0.886. The zero-order valence-electron chi connectivity index (χ0n) is 9.56. The molecule has 74 valence electrons. The van der Waals surface area contributed by atoms with Crippen LogP contribution < -0.4 is 0 Å². The first-order valence-electron chi connectivity index (χ1n) is 5.26. The molecule has 0 spiro atoms. The van der Waals surface area contributed by atoms with Crippen molar-refractivity contribution in [3.63, 3.8) is 0 Å². The molecule has 0 saturated heterocycles. The number of unbranched alkanes of at least 4 members (excludes halogenated alkanes) is 2. The van der Waals surface area contributed by atoms with E-state index in [0.717, 1.165) is 10.4 Å². The van der Waals surface area contributed by atoms with Crippen LogP contribution >= 0.6 is 0 Å². The minimum atomic E-state index is 0.886. The van der Waals surface area contributed by atoms with E-state index in [1.807, 2.05) is 0 Å². The number of rotatable bonds is 6. The van der Waals surface area contributed by atoms with Crippen molar-refractivity contribution >= 4 is 0 Å². The maximum Gasteiger partial charge on any atom is 0.0806 e. The predicted molar refractivity (Wildman–Crippen MR) is 56.2 cm³/mol. The first-order chi connectivity index (χ1) is 5.45. The maximum absolute atomic E-state index is 2.37. The van der Waals surface area contributed by atoms with E-state index < -0.39 is 0 Å². The molecule has 1 nitrogen and oxygen atoms in total. The highest BCUT2D eigenvalue weighted by molar-refractivity contribution is 4.51. The van der Waals surface area contributed by atoms with Gasteiger partial charge in [0.05, 0.1) is 27.7 Å². The quantitative estimate of drug-likeness (QED) is 0.427. The summed E-state index contributed by atoms with van der Waals surface area (Å²) in [5.41, 5.74) is 0. The Balaban J connectivity index is 3.40. The monoisotopic (exact) mass is 172 g/mol. The molecular formula is C11H26N+. The Morgan fingerprint density at radius 3 is 2.08 bits per heavy atom. The first-order valence-corrected chi connectivity index (χ1v) is 5.26. The van der Waals surface area contributed by atoms with Crippen molar-refractivity contribution in [3.8, 4) is 0 Å². The van der Waals surface area contributed by atoms with Crippen LogP contribution in [0.5, 0.6) is 0 Å². The molecule has 1 unspecified atom stereocenters. The average Bonchev–Trinajstić information content (AvgIpc) is 1.84. The third-order valence-corrected chi connectivity index (χ3v) is 2.16. The summed E-state index contributed by atoms with van der Waals surface area (Å²) in [5, 5.41) is 0. The molecule has 0 aliphatic carbocycles. The topological polar surface area (TPSA) is 0 Å². The van der Waals surface area contributed by atoms with Crippen LogP contribution in [-0.2, 0) is 0 Å². The van der Waals surface area contributed by atoms with Gasteiger partial charge in [0.15, 0.2) is 0 Å². The summed E-state index contributed by atoms with van der Waals surface area (Å²) >= 11 is 0. The second-order valence-electron chi connectivity index (χ2n) is 5.07. The molecule has 0 radical (unpaired) electrons. The second kappa shape index (κ2) is 5.58. The molecule has 1 heteroatoms. The van der Waals surface area contributed by atoms with Gasteiger partial charge in [-0.25, -0.2) is 0 Å². The fraction of sp³-hybridized carbons (Fsp3) is 1.00. The van der Waals surface area contributed by atoms with E-state index in [-0.39, 0.29) is 0 Å². The standard InChI is InChI=1S/C11H26N/c1-6-7-8-9-11(2)10-12(3,4)5/h11H,6-10H2,1-5H3/q+1. The largest absolute Gasteiger partial charge is 0.331 e. The number of nitrogens with zero attached hydrogens (tertiary/aromatic N) is 1. The molecule has 0 heterocycles. The van der Waals surface area contributed by atoms with Crippen LogP contribution in [0, 0.1) is 5.92 Å². The fourth-order valence-corrected chi connectivity index (χ4v) is 1.77. The van der Waals surface area contributed by atoms with Crippen molar-refractivity contribution in [2.45, 2.75) is 39.5 Å². The molecule has 0 rings (SSSR count). The zero-order valence-corrected chi connectivity index (χ0v) is 9.56. The van der Waals surface area contributed by atoms with Gasteiger partial charge in [0.1, 0.15) is 0 Å². The fourth-order valence-electron chi connectivity index (χ4n) is 1.77. The van der Waals surface area contributed by atoms with E-state index in [4.69, 9.17) is 0 Å². The smallest absolute Gasteiger partial charge is 0.0806 e. The van der Waals surface area contributed by atoms with Crippen LogP contribution in [0.25, 0.3) is 0 Å². The normalized spacial score (nSPS) is 14.8. The lowest BCUT2D eigenvalue weighted by Crippen LogP contribution is -2.38. The van der Waals surface area contributed by atoms with E-state index >= 15 is 0 Å². The molecule has 0 fully saturated rings. The van der Waals surface area contributed by atoms with Crippen molar-refractivity contribution in [2.75, 3.05) is 27.7 Å². The molecule has 0 aromatic rings. The lowest BCUT2D eigenvalue weighted by molar-refractivity contribution is -0.873. The van der Waals surface area contributed by atoms with Gasteiger partial charge >= 0.3 is 0 Å². The Morgan fingerprint density at radius 1 is 1.08 bits per heavy atom. The van der Waals surface area contributed by atoms with E-state index in [9.17, 15) is 0 Å². The van der Waals surface area contributed by atoms with Crippen molar-refractivity contribution in [1.29, 1.82) is 0 Å². The zero-order chi connectivity index (χ0) is 9.61. The summed E-state index contributed by atoms with van der Waals surface area (Å²) in [4.78, 5) is 0. The van der Waals surface area contributed by atoms with E-state index in [1.165, 1.54) is 32.2 Å². The summed E-state index contributed by atoms with van der Waals surface area (Å²) in [6.07, 6.45) is 5.57. The molecule has 0 aliphatic heterocycles. The second-order valence-corrected chi connectivity index (χ2v) is 5.07.